The van der Waals surface area contributed by atoms with Crippen molar-refractivity contribution in [2.45, 2.75) is 31.2 Å². The molecule has 1 aromatic carbocycles. The number of amides is 1. The van der Waals surface area contributed by atoms with Gasteiger partial charge in [0.05, 0.1) is 23.9 Å². The molecular formula is C22H20BrN3O3. The van der Waals surface area contributed by atoms with Gasteiger partial charge in [0.2, 0.25) is 0 Å². The van der Waals surface area contributed by atoms with E-state index in [1.165, 1.54) is 13.2 Å². The number of carbonyl (C=O) groups is 2. The molecule has 1 fully saturated rings. The summed E-state index contributed by atoms with van der Waals surface area (Å²) in [6, 6.07) is 14.4. The highest BCUT2D eigenvalue weighted by molar-refractivity contribution is 9.10. The van der Waals surface area contributed by atoms with Crippen molar-refractivity contribution >= 4 is 33.9 Å². The van der Waals surface area contributed by atoms with Crippen molar-refractivity contribution in [1.29, 1.82) is 5.26 Å². The Morgan fingerprint density at radius 3 is 2.62 bits per heavy atom. The first-order chi connectivity index (χ1) is 14.0. The molecule has 1 aliphatic carbocycles. The number of aromatic nitrogens is 1. The zero-order valence-electron chi connectivity index (χ0n) is 15.9. The second-order valence-electron chi connectivity index (χ2n) is 6.87. The summed E-state index contributed by atoms with van der Waals surface area (Å²) in [5.41, 5.74) is 1.14. The van der Waals surface area contributed by atoms with Gasteiger partial charge in [0.15, 0.2) is 0 Å². The van der Waals surface area contributed by atoms with Crippen LogP contribution < -0.4 is 5.32 Å². The van der Waals surface area contributed by atoms with Crippen LogP contribution in [0, 0.1) is 11.3 Å². The van der Waals surface area contributed by atoms with E-state index in [-0.39, 0.29) is 5.57 Å². The molecule has 1 saturated carbocycles. The van der Waals surface area contributed by atoms with Crippen LogP contribution in [-0.4, -0.2) is 24.0 Å². The summed E-state index contributed by atoms with van der Waals surface area (Å²) in [7, 11) is 1.34. The number of nitriles is 1. The monoisotopic (exact) mass is 453 g/mol. The minimum atomic E-state index is -0.623. The van der Waals surface area contributed by atoms with Crippen molar-refractivity contribution in [3.8, 4) is 6.07 Å². The van der Waals surface area contributed by atoms with Crippen LogP contribution >= 0.6 is 15.9 Å². The fraction of sp³-hybridized carbons (Fsp3) is 0.273. The molecule has 0 saturated heterocycles. The van der Waals surface area contributed by atoms with Crippen LogP contribution in [0.4, 0.5) is 0 Å². The van der Waals surface area contributed by atoms with Gasteiger partial charge in [-0.2, -0.15) is 5.26 Å². The topological polar surface area (TPSA) is 92.1 Å². The summed E-state index contributed by atoms with van der Waals surface area (Å²) < 4.78 is 5.43. The van der Waals surface area contributed by atoms with Crippen molar-refractivity contribution in [3.05, 3.63) is 69.5 Å². The lowest BCUT2D eigenvalue weighted by Crippen LogP contribution is -2.44. The number of nitrogens with one attached hydrogen (secondary N) is 1. The van der Waals surface area contributed by atoms with Crippen LogP contribution in [0.25, 0.3) is 6.08 Å². The third-order valence-corrected chi connectivity index (χ3v) is 5.48. The Kier molecular flexibility index (Phi) is 6.45. The quantitative estimate of drug-likeness (QED) is 0.318. The van der Waals surface area contributed by atoms with Crippen molar-refractivity contribution in [2.24, 2.45) is 0 Å². The molecule has 1 amide bonds. The molecule has 0 bridgehead atoms. The number of esters is 1. The Hall–Kier alpha value is -2.98. The Bertz CT molecular complexity index is 1000. The normalized spacial score (nSPS) is 15.4. The van der Waals surface area contributed by atoms with Crippen molar-refractivity contribution < 1.29 is 14.3 Å². The zero-order chi connectivity index (χ0) is 20.9. The Morgan fingerprint density at radius 1 is 1.24 bits per heavy atom. The number of rotatable bonds is 5. The first kappa shape index (κ1) is 20.7. The molecule has 1 aliphatic rings. The highest BCUT2D eigenvalue weighted by atomic mass is 79.9. The minimum absolute atomic E-state index is 0.0222. The molecule has 1 heterocycles. The maximum absolute atomic E-state index is 12.9. The van der Waals surface area contributed by atoms with E-state index in [1.54, 1.807) is 36.4 Å². The van der Waals surface area contributed by atoms with E-state index >= 15 is 0 Å². The molecule has 148 valence electrons. The van der Waals surface area contributed by atoms with E-state index < -0.39 is 17.4 Å². The van der Waals surface area contributed by atoms with E-state index in [9.17, 15) is 14.9 Å². The molecule has 0 atom stereocenters. The van der Waals surface area contributed by atoms with Crippen LogP contribution in [0.15, 0.2) is 52.6 Å². The number of benzene rings is 1. The van der Waals surface area contributed by atoms with Crippen molar-refractivity contribution in [2.75, 3.05) is 7.11 Å². The molecule has 0 aliphatic heterocycles. The molecule has 1 N–H and O–H groups in total. The Morgan fingerprint density at radius 2 is 1.97 bits per heavy atom. The van der Waals surface area contributed by atoms with Gasteiger partial charge in [0.1, 0.15) is 16.2 Å². The van der Waals surface area contributed by atoms with E-state index in [4.69, 9.17) is 4.74 Å². The lowest BCUT2D eigenvalue weighted by atomic mass is 9.86. The first-order valence-electron chi connectivity index (χ1n) is 9.23. The van der Waals surface area contributed by atoms with E-state index in [1.807, 2.05) is 12.1 Å². The number of nitrogens with zero attached hydrogens (tertiary/aromatic N) is 2. The first-order valence-corrected chi connectivity index (χ1v) is 10.0. The molecule has 2 aromatic rings. The summed E-state index contributed by atoms with van der Waals surface area (Å²) in [6.07, 6.45) is 4.82. The standard InChI is InChI=1S/C22H20BrN3O3/c1-29-21(28)15-6-4-7-17(12-15)22(10-2-3-11-22)26-20(27)16(14-24)13-18-8-5-9-19(23)25-18/h4-9,12-13H,2-3,10-11H2,1H3,(H,26,27). The second kappa shape index (κ2) is 9.01. The van der Waals surface area contributed by atoms with Crippen LogP contribution in [0.3, 0.4) is 0 Å². The summed E-state index contributed by atoms with van der Waals surface area (Å²) in [5.74, 6) is -0.885. The van der Waals surface area contributed by atoms with Crippen LogP contribution in [-0.2, 0) is 15.1 Å². The predicted molar refractivity (Wildman–Crippen MR) is 112 cm³/mol. The van der Waals surface area contributed by atoms with Crippen molar-refractivity contribution in [3.63, 3.8) is 0 Å². The fourth-order valence-corrected chi connectivity index (χ4v) is 3.97. The van der Waals surface area contributed by atoms with Gasteiger partial charge in [-0.1, -0.05) is 31.0 Å². The van der Waals surface area contributed by atoms with E-state index in [2.05, 4.69) is 26.2 Å². The minimum Gasteiger partial charge on any atom is -0.465 e. The van der Waals surface area contributed by atoms with E-state index in [0.29, 0.717) is 15.9 Å². The van der Waals surface area contributed by atoms with Crippen molar-refractivity contribution in [1.82, 2.24) is 10.3 Å². The smallest absolute Gasteiger partial charge is 0.337 e. The molecule has 6 nitrogen and oxygen atoms in total. The number of pyridine rings is 1. The van der Waals surface area contributed by atoms with Crippen LogP contribution in [0.5, 0.6) is 0 Å². The molecule has 0 unspecified atom stereocenters. The molecule has 7 heteroatoms. The van der Waals surface area contributed by atoms with Gasteiger partial charge in [-0.05, 0) is 64.7 Å². The Balaban J connectivity index is 1.91. The van der Waals surface area contributed by atoms with Crippen LogP contribution in [0.2, 0.25) is 0 Å². The molecule has 1 aromatic heterocycles. The van der Waals surface area contributed by atoms with Gasteiger partial charge in [0, 0.05) is 0 Å². The van der Waals surface area contributed by atoms with Gasteiger partial charge in [-0.3, -0.25) is 4.79 Å². The molecule has 3 rings (SSSR count). The number of methoxy groups -OCH3 is 1. The highest BCUT2D eigenvalue weighted by Gasteiger charge is 2.38. The number of halogens is 1. The average Bonchev–Trinajstić information content (AvgIpc) is 3.21. The third-order valence-electron chi connectivity index (χ3n) is 5.04. The summed E-state index contributed by atoms with van der Waals surface area (Å²) in [5, 5.41) is 12.6. The zero-order valence-corrected chi connectivity index (χ0v) is 17.5. The molecule has 0 spiro atoms. The predicted octanol–water partition coefficient (Wildman–Crippen LogP) is 4.12. The summed E-state index contributed by atoms with van der Waals surface area (Å²) in [6.45, 7) is 0. The fourth-order valence-electron chi connectivity index (χ4n) is 3.61. The Labute approximate surface area is 177 Å². The lowest BCUT2D eigenvalue weighted by Gasteiger charge is -2.31. The van der Waals surface area contributed by atoms with E-state index in [0.717, 1.165) is 31.2 Å². The number of hydrogen-bond donors (Lipinski definition) is 1. The number of ether oxygens (including phenoxy) is 1. The van der Waals surface area contributed by atoms with Gasteiger partial charge in [0.25, 0.3) is 5.91 Å². The highest BCUT2D eigenvalue weighted by Crippen LogP contribution is 2.39. The second-order valence-corrected chi connectivity index (χ2v) is 7.68. The van der Waals surface area contributed by atoms with Crippen LogP contribution in [0.1, 0.15) is 47.3 Å². The SMILES string of the molecule is COC(=O)c1cccc(C2(NC(=O)C(C#N)=Cc3cccc(Br)n3)CCCC2)c1. The molecular weight excluding hydrogens is 434 g/mol. The molecule has 29 heavy (non-hydrogen) atoms. The summed E-state index contributed by atoms with van der Waals surface area (Å²) in [4.78, 5) is 29.1. The lowest BCUT2D eigenvalue weighted by molar-refractivity contribution is -0.119. The van der Waals surface area contributed by atoms with Gasteiger partial charge < -0.3 is 10.1 Å². The number of hydrogen-bond acceptors (Lipinski definition) is 5. The third kappa shape index (κ3) is 4.72. The summed E-state index contributed by atoms with van der Waals surface area (Å²) >= 11 is 3.28. The number of carbonyl (C=O) groups excluding carboxylic acids is 2. The maximum Gasteiger partial charge on any atom is 0.337 e. The largest absolute Gasteiger partial charge is 0.465 e. The molecule has 0 radical (unpaired) electrons. The van der Waals surface area contributed by atoms with Gasteiger partial charge in [-0.25, -0.2) is 9.78 Å². The maximum atomic E-state index is 12.9. The van der Waals surface area contributed by atoms with Gasteiger partial charge in [-0.15, -0.1) is 0 Å². The average molecular weight is 454 g/mol. The van der Waals surface area contributed by atoms with Gasteiger partial charge >= 0.3 is 5.97 Å².